The first kappa shape index (κ1) is 16.0. The zero-order valence-electron chi connectivity index (χ0n) is 13.4. The number of amides is 1. The molecular formula is C17H19N3O4. The molecule has 0 bridgehead atoms. The summed E-state index contributed by atoms with van der Waals surface area (Å²) in [6, 6.07) is 4.09. The van der Waals surface area contributed by atoms with Crippen LogP contribution in [0.1, 0.15) is 40.9 Å². The molecule has 1 aliphatic rings. The fourth-order valence-electron chi connectivity index (χ4n) is 2.72. The molecule has 2 aromatic rings. The van der Waals surface area contributed by atoms with Crippen molar-refractivity contribution in [3.05, 3.63) is 47.3 Å². The third kappa shape index (κ3) is 3.24. The highest BCUT2D eigenvalue weighted by Gasteiger charge is 2.25. The number of rotatable bonds is 6. The Hall–Kier alpha value is -2.83. The van der Waals surface area contributed by atoms with Gasteiger partial charge in [0.2, 0.25) is 0 Å². The third-order valence-electron chi connectivity index (χ3n) is 3.92. The fraction of sp³-hybridized carbons (Fsp3) is 0.353. The molecule has 1 unspecified atom stereocenters. The van der Waals surface area contributed by atoms with Crippen LogP contribution in [0.5, 0.6) is 5.75 Å². The molecule has 0 saturated carbocycles. The number of carboxylic acid groups (broad SMARTS) is 1. The first-order chi connectivity index (χ1) is 11.6. The van der Waals surface area contributed by atoms with Crippen LogP contribution in [0, 0.1) is 0 Å². The minimum absolute atomic E-state index is 0.346. The lowest BCUT2D eigenvalue weighted by Gasteiger charge is -2.15. The molecule has 0 spiro atoms. The maximum Gasteiger partial charge on any atom is 0.330 e. The van der Waals surface area contributed by atoms with E-state index in [1.54, 1.807) is 29.1 Å². The number of carbonyl (C=O) groups excluding carboxylic acids is 1. The number of nitrogens with zero attached hydrogens (tertiary/aromatic N) is 2. The van der Waals surface area contributed by atoms with Crippen molar-refractivity contribution >= 4 is 11.9 Å². The van der Waals surface area contributed by atoms with E-state index in [2.05, 4.69) is 10.4 Å². The van der Waals surface area contributed by atoms with Crippen LogP contribution >= 0.6 is 0 Å². The number of aromatic nitrogens is 2. The van der Waals surface area contributed by atoms with Crippen molar-refractivity contribution in [2.45, 2.75) is 32.4 Å². The van der Waals surface area contributed by atoms with Crippen molar-refractivity contribution in [3.63, 3.8) is 0 Å². The number of carboxylic acids is 1. The van der Waals surface area contributed by atoms with E-state index in [0.717, 1.165) is 24.2 Å². The molecule has 126 valence electrons. The molecule has 3 rings (SSSR count). The molecule has 2 N–H and O–H groups in total. The zero-order chi connectivity index (χ0) is 17.1. The van der Waals surface area contributed by atoms with Gasteiger partial charge in [0.1, 0.15) is 5.75 Å². The van der Waals surface area contributed by atoms with Crippen LogP contribution in [0.2, 0.25) is 0 Å². The van der Waals surface area contributed by atoms with Gasteiger partial charge >= 0.3 is 5.97 Å². The van der Waals surface area contributed by atoms with E-state index in [0.29, 0.717) is 24.3 Å². The van der Waals surface area contributed by atoms with Gasteiger partial charge in [-0.3, -0.25) is 9.48 Å². The molecule has 24 heavy (non-hydrogen) atoms. The summed E-state index contributed by atoms with van der Waals surface area (Å²) in [5.41, 5.74) is 1.84. The van der Waals surface area contributed by atoms with Crippen molar-refractivity contribution in [2.24, 2.45) is 0 Å². The van der Waals surface area contributed by atoms with E-state index in [1.807, 2.05) is 6.92 Å². The van der Waals surface area contributed by atoms with Gasteiger partial charge in [-0.05, 0) is 29.7 Å². The highest BCUT2D eigenvalue weighted by Crippen LogP contribution is 2.28. The first-order valence-corrected chi connectivity index (χ1v) is 7.90. The summed E-state index contributed by atoms with van der Waals surface area (Å²) in [4.78, 5) is 23.9. The average molecular weight is 329 g/mol. The van der Waals surface area contributed by atoms with Crippen molar-refractivity contribution in [3.8, 4) is 5.75 Å². The second-order valence-corrected chi connectivity index (χ2v) is 5.70. The quantitative estimate of drug-likeness (QED) is 0.842. The van der Waals surface area contributed by atoms with Crippen LogP contribution in [0.15, 0.2) is 30.6 Å². The van der Waals surface area contributed by atoms with Crippen molar-refractivity contribution in [2.75, 3.05) is 6.61 Å². The Morgan fingerprint density at radius 2 is 2.29 bits per heavy atom. The highest BCUT2D eigenvalue weighted by molar-refractivity contribution is 5.96. The zero-order valence-corrected chi connectivity index (χ0v) is 13.4. The number of benzene rings is 1. The summed E-state index contributed by atoms with van der Waals surface area (Å²) in [6.45, 7) is 3.32. The Morgan fingerprint density at radius 3 is 3.04 bits per heavy atom. The number of nitrogens with one attached hydrogen (secondary N) is 1. The molecule has 1 aromatic carbocycles. The second-order valence-electron chi connectivity index (χ2n) is 5.70. The van der Waals surface area contributed by atoms with Gasteiger partial charge in [0.05, 0.1) is 18.4 Å². The summed E-state index contributed by atoms with van der Waals surface area (Å²) in [7, 11) is 0. The minimum Gasteiger partial charge on any atom is -0.493 e. The second kappa shape index (κ2) is 6.74. The van der Waals surface area contributed by atoms with E-state index < -0.39 is 17.9 Å². The number of aryl methyl sites for hydroxylation is 1. The molecule has 1 amide bonds. The van der Waals surface area contributed by atoms with Crippen LogP contribution in [0.3, 0.4) is 0 Å². The SMILES string of the molecule is CCCn1cc(C(=O)NC(C(=O)O)c2ccc3c(c2)CCO3)cn1. The Labute approximate surface area is 139 Å². The number of aliphatic carboxylic acids is 1. The molecule has 7 heteroatoms. The fourth-order valence-corrected chi connectivity index (χ4v) is 2.72. The monoisotopic (exact) mass is 329 g/mol. The molecule has 1 atom stereocenters. The molecule has 7 nitrogen and oxygen atoms in total. The first-order valence-electron chi connectivity index (χ1n) is 7.90. The van der Waals surface area contributed by atoms with Gasteiger partial charge in [-0.25, -0.2) is 4.79 Å². The van der Waals surface area contributed by atoms with Crippen molar-refractivity contribution in [1.29, 1.82) is 0 Å². The number of hydrogen-bond acceptors (Lipinski definition) is 4. The standard InChI is InChI=1S/C17H19N3O4/c1-2-6-20-10-13(9-18-20)16(21)19-15(17(22)23)12-3-4-14-11(8-12)5-7-24-14/h3-4,8-10,15H,2,5-7H2,1H3,(H,19,21)(H,22,23). The Balaban J connectivity index is 1.78. The van der Waals surface area contributed by atoms with E-state index in [1.165, 1.54) is 6.20 Å². The number of hydrogen-bond donors (Lipinski definition) is 2. The lowest BCUT2D eigenvalue weighted by molar-refractivity contribution is -0.139. The van der Waals surface area contributed by atoms with Gasteiger partial charge in [-0.15, -0.1) is 0 Å². The van der Waals surface area contributed by atoms with E-state index >= 15 is 0 Å². The van der Waals surface area contributed by atoms with Crippen LogP contribution in [0.4, 0.5) is 0 Å². The van der Waals surface area contributed by atoms with Crippen LogP contribution in [0.25, 0.3) is 0 Å². The minimum atomic E-state index is -1.11. The topological polar surface area (TPSA) is 93.5 Å². The molecule has 0 saturated heterocycles. The number of fused-ring (bicyclic) bond motifs is 1. The normalized spacial score (nSPS) is 13.9. The van der Waals surface area contributed by atoms with Gasteiger partial charge in [-0.2, -0.15) is 5.10 Å². The molecule has 1 aromatic heterocycles. The van der Waals surface area contributed by atoms with Gasteiger partial charge in [0.25, 0.3) is 5.91 Å². The van der Waals surface area contributed by atoms with Gasteiger partial charge in [-0.1, -0.05) is 13.0 Å². The average Bonchev–Trinajstić information content (AvgIpc) is 3.20. The Bertz CT molecular complexity index is 769. The lowest BCUT2D eigenvalue weighted by Crippen LogP contribution is -2.33. The molecular weight excluding hydrogens is 310 g/mol. The Kier molecular flexibility index (Phi) is 4.50. The predicted molar refractivity (Wildman–Crippen MR) is 86.0 cm³/mol. The summed E-state index contributed by atoms with van der Waals surface area (Å²) in [6.07, 6.45) is 4.71. The molecule has 2 heterocycles. The predicted octanol–water partition coefficient (Wildman–Crippen LogP) is 1.78. The number of ether oxygens (including phenoxy) is 1. The number of carbonyl (C=O) groups is 2. The van der Waals surface area contributed by atoms with Crippen molar-refractivity contribution < 1.29 is 19.4 Å². The maximum absolute atomic E-state index is 12.3. The molecule has 1 aliphatic heterocycles. The van der Waals surface area contributed by atoms with Gasteiger partial charge < -0.3 is 15.2 Å². The maximum atomic E-state index is 12.3. The third-order valence-corrected chi connectivity index (χ3v) is 3.92. The van der Waals surface area contributed by atoms with Gasteiger partial charge in [0.15, 0.2) is 6.04 Å². The molecule has 0 fully saturated rings. The van der Waals surface area contributed by atoms with Crippen LogP contribution in [-0.4, -0.2) is 33.4 Å². The summed E-state index contributed by atoms with van der Waals surface area (Å²) < 4.78 is 7.09. The van der Waals surface area contributed by atoms with Crippen molar-refractivity contribution in [1.82, 2.24) is 15.1 Å². The molecule has 0 aliphatic carbocycles. The van der Waals surface area contributed by atoms with Gasteiger partial charge in [0, 0.05) is 19.2 Å². The summed E-state index contributed by atoms with van der Waals surface area (Å²) >= 11 is 0. The lowest BCUT2D eigenvalue weighted by atomic mass is 10.0. The van der Waals surface area contributed by atoms with Crippen LogP contribution in [-0.2, 0) is 17.8 Å². The highest BCUT2D eigenvalue weighted by atomic mass is 16.5. The molecule has 0 radical (unpaired) electrons. The smallest absolute Gasteiger partial charge is 0.330 e. The largest absolute Gasteiger partial charge is 0.493 e. The van der Waals surface area contributed by atoms with E-state index in [4.69, 9.17) is 4.74 Å². The Morgan fingerprint density at radius 1 is 1.46 bits per heavy atom. The van der Waals surface area contributed by atoms with Crippen LogP contribution < -0.4 is 10.1 Å². The summed E-state index contributed by atoms with van der Waals surface area (Å²) in [5, 5.41) is 16.1. The summed E-state index contributed by atoms with van der Waals surface area (Å²) in [5.74, 6) is -0.792. The van der Waals surface area contributed by atoms with E-state index in [9.17, 15) is 14.7 Å². The van der Waals surface area contributed by atoms with E-state index in [-0.39, 0.29) is 0 Å².